The first kappa shape index (κ1) is 5.31. The van der Waals surface area contributed by atoms with E-state index in [9.17, 15) is 0 Å². The molecule has 1 aliphatic rings. The van der Waals surface area contributed by atoms with Gasteiger partial charge in [-0.15, -0.1) is 0 Å². The SMILES string of the molecule is OB(O)C1=CO[C+]=C1. The fourth-order valence-electron chi connectivity index (χ4n) is 0.374. The molecular formula is C4H4BO3+. The quantitative estimate of drug-likeness (QED) is 0.345. The molecule has 0 amide bonds. The van der Waals surface area contributed by atoms with Crippen molar-refractivity contribution in [3.63, 3.8) is 0 Å². The number of hydrogen-bond acceptors (Lipinski definition) is 3. The Morgan fingerprint density at radius 2 is 2.38 bits per heavy atom. The highest BCUT2D eigenvalue weighted by Gasteiger charge is 2.26. The van der Waals surface area contributed by atoms with Crippen LogP contribution in [-0.4, -0.2) is 17.2 Å². The van der Waals surface area contributed by atoms with Gasteiger partial charge in [0.05, 0.1) is 0 Å². The van der Waals surface area contributed by atoms with Crippen molar-refractivity contribution in [1.82, 2.24) is 0 Å². The highest BCUT2D eigenvalue weighted by atomic mass is 16.5. The second-order valence-electron chi connectivity index (χ2n) is 1.37. The molecular weight excluding hydrogens is 107 g/mol. The number of ether oxygens (including phenoxy) is 1. The molecule has 0 aromatic heterocycles. The summed E-state index contributed by atoms with van der Waals surface area (Å²) in [5, 5.41) is 16.8. The van der Waals surface area contributed by atoms with Crippen LogP contribution in [0.25, 0.3) is 0 Å². The molecule has 40 valence electrons. The van der Waals surface area contributed by atoms with Gasteiger partial charge in [0.15, 0.2) is 11.5 Å². The van der Waals surface area contributed by atoms with Crippen molar-refractivity contribution >= 4 is 7.12 Å². The summed E-state index contributed by atoms with van der Waals surface area (Å²) in [6, 6.07) is 0. The van der Waals surface area contributed by atoms with E-state index < -0.39 is 7.12 Å². The zero-order chi connectivity index (χ0) is 5.98. The van der Waals surface area contributed by atoms with Crippen molar-refractivity contribution in [2.24, 2.45) is 0 Å². The zero-order valence-electron chi connectivity index (χ0n) is 4.03. The largest absolute Gasteiger partial charge is 0.586 e. The molecule has 0 spiro atoms. The van der Waals surface area contributed by atoms with Gasteiger partial charge in [0.25, 0.3) is 6.26 Å². The third-order valence-electron chi connectivity index (χ3n) is 0.787. The molecule has 0 saturated heterocycles. The Morgan fingerprint density at radius 3 is 2.62 bits per heavy atom. The number of hydrogen-bond donors (Lipinski definition) is 2. The van der Waals surface area contributed by atoms with Crippen LogP contribution in [0.5, 0.6) is 0 Å². The highest BCUT2D eigenvalue weighted by molar-refractivity contribution is 6.51. The van der Waals surface area contributed by atoms with E-state index in [1.165, 1.54) is 12.3 Å². The molecule has 8 heavy (non-hydrogen) atoms. The smallest absolute Gasteiger partial charge is 0.410 e. The second kappa shape index (κ2) is 1.96. The van der Waals surface area contributed by atoms with E-state index in [0.717, 1.165) is 0 Å². The number of allylic oxidation sites excluding steroid dienone is 2. The number of rotatable bonds is 1. The van der Waals surface area contributed by atoms with Gasteiger partial charge in [0.1, 0.15) is 0 Å². The summed E-state index contributed by atoms with van der Waals surface area (Å²) in [7, 11) is -1.44. The minimum absolute atomic E-state index is 0.324. The van der Waals surface area contributed by atoms with Gasteiger partial charge in [0.2, 0.25) is 6.26 Å². The lowest BCUT2D eigenvalue weighted by atomic mass is 9.81. The predicted molar refractivity (Wildman–Crippen MR) is 27.2 cm³/mol. The van der Waals surface area contributed by atoms with E-state index >= 15 is 0 Å². The molecule has 1 heterocycles. The minimum atomic E-state index is -1.44. The van der Waals surface area contributed by atoms with Gasteiger partial charge in [-0.3, -0.25) is 4.74 Å². The molecule has 2 N–H and O–H groups in total. The average Bonchev–Trinajstić information content (AvgIpc) is 2.12. The summed E-state index contributed by atoms with van der Waals surface area (Å²) in [6.07, 6.45) is 4.91. The van der Waals surface area contributed by atoms with Crippen LogP contribution in [0.1, 0.15) is 0 Å². The average molecular weight is 111 g/mol. The van der Waals surface area contributed by atoms with E-state index in [0.29, 0.717) is 5.47 Å². The second-order valence-corrected chi connectivity index (χ2v) is 1.37. The minimum Gasteiger partial charge on any atom is -0.410 e. The molecule has 0 aromatic rings. The summed E-state index contributed by atoms with van der Waals surface area (Å²) in [4.78, 5) is 0. The van der Waals surface area contributed by atoms with E-state index in [1.54, 1.807) is 0 Å². The molecule has 0 radical (unpaired) electrons. The van der Waals surface area contributed by atoms with Gasteiger partial charge in [-0.1, -0.05) is 0 Å². The first-order valence-corrected chi connectivity index (χ1v) is 2.11. The summed E-state index contributed by atoms with van der Waals surface area (Å²) in [6.45, 7) is 0. The normalized spacial score (nSPS) is 14.5. The monoisotopic (exact) mass is 111 g/mol. The van der Waals surface area contributed by atoms with Gasteiger partial charge in [-0.2, -0.15) is 0 Å². The first-order chi connectivity index (χ1) is 3.80. The predicted octanol–water partition coefficient (Wildman–Crippen LogP) is -0.771. The molecule has 1 rings (SSSR count). The standard InChI is InChI=1S/C4H4BO3/c6-5(7)4-1-2-8-3-4/h1,3,6-7H/q+1. The van der Waals surface area contributed by atoms with Crippen LogP contribution in [0, 0.1) is 6.26 Å². The van der Waals surface area contributed by atoms with Crippen molar-refractivity contribution in [1.29, 1.82) is 0 Å². The first-order valence-electron chi connectivity index (χ1n) is 2.11. The van der Waals surface area contributed by atoms with Crippen LogP contribution in [-0.2, 0) is 4.74 Å². The molecule has 1 aliphatic heterocycles. The van der Waals surface area contributed by atoms with Crippen LogP contribution in [0.15, 0.2) is 17.8 Å². The van der Waals surface area contributed by atoms with E-state index in [4.69, 9.17) is 10.0 Å². The molecule has 3 nitrogen and oxygen atoms in total. The van der Waals surface area contributed by atoms with Gasteiger partial charge in [-0.05, 0) is 0 Å². The molecule has 0 saturated carbocycles. The topological polar surface area (TPSA) is 49.7 Å². The van der Waals surface area contributed by atoms with E-state index in [-0.39, 0.29) is 0 Å². The Hall–Kier alpha value is -0.825. The summed E-state index contributed by atoms with van der Waals surface area (Å²) < 4.78 is 4.43. The third kappa shape index (κ3) is 0.871. The van der Waals surface area contributed by atoms with Crippen molar-refractivity contribution in [2.75, 3.05) is 0 Å². The van der Waals surface area contributed by atoms with Gasteiger partial charge >= 0.3 is 7.12 Å². The molecule has 0 atom stereocenters. The van der Waals surface area contributed by atoms with Crippen LogP contribution in [0.4, 0.5) is 0 Å². The van der Waals surface area contributed by atoms with Crippen LogP contribution < -0.4 is 0 Å². The lowest BCUT2D eigenvalue weighted by Gasteiger charge is -1.79. The molecule has 4 heteroatoms. The Bertz CT molecular complexity index is 138. The summed E-state index contributed by atoms with van der Waals surface area (Å²) in [5.41, 5.74) is 0.324. The van der Waals surface area contributed by atoms with E-state index in [1.807, 2.05) is 0 Å². The molecule has 0 unspecified atom stereocenters. The Balaban J connectivity index is 2.58. The Labute approximate surface area is 47.0 Å². The lowest BCUT2D eigenvalue weighted by Crippen LogP contribution is -2.12. The van der Waals surface area contributed by atoms with Crippen molar-refractivity contribution < 1.29 is 14.8 Å². The van der Waals surface area contributed by atoms with Crippen molar-refractivity contribution in [3.8, 4) is 0 Å². The van der Waals surface area contributed by atoms with Crippen LogP contribution in [0.3, 0.4) is 0 Å². The maximum absolute atomic E-state index is 8.39. The fourth-order valence-corrected chi connectivity index (χ4v) is 0.374. The maximum atomic E-state index is 8.39. The summed E-state index contributed by atoms with van der Waals surface area (Å²) in [5.74, 6) is 0. The molecule has 0 aliphatic carbocycles. The Morgan fingerprint density at radius 1 is 1.62 bits per heavy atom. The summed E-state index contributed by atoms with van der Waals surface area (Å²) >= 11 is 0. The van der Waals surface area contributed by atoms with Crippen LogP contribution >= 0.6 is 0 Å². The van der Waals surface area contributed by atoms with E-state index in [2.05, 4.69) is 11.0 Å². The zero-order valence-corrected chi connectivity index (χ0v) is 4.03. The lowest BCUT2D eigenvalue weighted by molar-refractivity contribution is 0.382. The van der Waals surface area contributed by atoms with Crippen molar-refractivity contribution in [3.05, 3.63) is 24.1 Å². The molecule has 0 bridgehead atoms. The molecule has 0 aromatic carbocycles. The highest BCUT2D eigenvalue weighted by Crippen LogP contribution is 2.04. The van der Waals surface area contributed by atoms with Gasteiger partial charge in [0, 0.05) is 0 Å². The molecule has 0 fully saturated rings. The maximum Gasteiger partial charge on any atom is 0.586 e. The van der Waals surface area contributed by atoms with Gasteiger partial charge in [-0.25, -0.2) is 0 Å². The van der Waals surface area contributed by atoms with Crippen molar-refractivity contribution in [2.45, 2.75) is 0 Å². The van der Waals surface area contributed by atoms with Crippen LogP contribution in [0.2, 0.25) is 0 Å². The fraction of sp³-hybridized carbons (Fsp3) is 0. The third-order valence-corrected chi connectivity index (χ3v) is 0.787. The van der Waals surface area contributed by atoms with Gasteiger partial charge < -0.3 is 10.0 Å². The Kier molecular flexibility index (Phi) is 1.30.